The number of aryl methyl sites for hydroxylation is 2. The Morgan fingerprint density at radius 3 is 2.52 bits per heavy atom. The number of nitrogens with zero attached hydrogens (tertiary/aromatic N) is 3. The Hall–Kier alpha value is -2.43. The first-order valence-corrected chi connectivity index (χ1v) is 7.89. The Kier molecular flexibility index (Phi) is 10.00. The number of aromatic amines is 1. The van der Waals surface area contributed by atoms with Crippen LogP contribution in [0.5, 0.6) is 0 Å². The number of H-pyrrole nitrogens is 1. The van der Waals surface area contributed by atoms with Gasteiger partial charge in [-0.3, -0.25) is 14.2 Å². The summed E-state index contributed by atoms with van der Waals surface area (Å²) in [6, 6.07) is 1.52. The predicted molar refractivity (Wildman–Crippen MR) is 97.8 cm³/mol. The molecule has 0 saturated carbocycles. The fraction of sp³-hybridized carbons (Fsp3) is 0.389. The molecule has 23 heavy (non-hydrogen) atoms. The predicted octanol–water partition coefficient (Wildman–Crippen LogP) is 4.15. The molecular formula is C18H28N4O. The van der Waals surface area contributed by atoms with E-state index in [-0.39, 0.29) is 5.56 Å². The van der Waals surface area contributed by atoms with Crippen molar-refractivity contribution in [2.24, 2.45) is 0 Å². The van der Waals surface area contributed by atoms with Crippen LogP contribution >= 0.6 is 0 Å². The molecule has 2 heterocycles. The number of hydrogen-bond donors (Lipinski definition) is 1. The lowest BCUT2D eigenvalue weighted by Crippen LogP contribution is -2.09. The first-order chi connectivity index (χ1) is 11.0. The maximum Gasteiger partial charge on any atom is 0.252 e. The van der Waals surface area contributed by atoms with Crippen molar-refractivity contribution in [3.05, 3.63) is 64.4 Å². The van der Waals surface area contributed by atoms with Gasteiger partial charge in [-0.05, 0) is 32.8 Å². The molecule has 0 aliphatic carbocycles. The van der Waals surface area contributed by atoms with Crippen molar-refractivity contribution < 1.29 is 0 Å². The lowest BCUT2D eigenvalue weighted by Gasteiger charge is -1.97. The standard InChI is InChI=1S/C9H14.C7H8N4O.C2H6/c1-4-7-9(6-3)8-5-2;1-4-3-6(12)8-7-10-9-5(2)11(4)7;1-2/h4-5,7-8H,1,6H2,2-3H3;3H,1-2H3,(H,8,10,12);1-2H3/b8-5-,9-7-;;. The van der Waals surface area contributed by atoms with Crippen molar-refractivity contribution in [1.82, 2.24) is 19.6 Å². The van der Waals surface area contributed by atoms with Crippen LogP contribution in [0.1, 0.15) is 45.6 Å². The fourth-order valence-corrected chi connectivity index (χ4v) is 1.92. The third kappa shape index (κ3) is 6.46. The van der Waals surface area contributed by atoms with Gasteiger partial charge in [0.05, 0.1) is 0 Å². The van der Waals surface area contributed by atoms with Crippen LogP contribution < -0.4 is 5.56 Å². The average molecular weight is 316 g/mol. The summed E-state index contributed by atoms with van der Waals surface area (Å²) in [5.41, 5.74) is 2.02. The summed E-state index contributed by atoms with van der Waals surface area (Å²) < 4.78 is 1.79. The van der Waals surface area contributed by atoms with E-state index in [1.807, 2.05) is 52.8 Å². The highest BCUT2D eigenvalue weighted by Crippen LogP contribution is 2.01. The van der Waals surface area contributed by atoms with E-state index >= 15 is 0 Å². The van der Waals surface area contributed by atoms with Gasteiger partial charge in [0.25, 0.3) is 5.56 Å². The molecule has 0 aliphatic rings. The van der Waals surface area contributed by atoms with E-state index in [2.05, 4.69) is 34.8 Å². The van der Waals surface area contributed by atoms with Crippen LogP contribution in [0.4, 0.5) is 0 Å². The molecular weight excluding hydrogens is 288 g/mol. The van der Waals surface area contributed by atoms with E-state index in [4.69, 9.17) is 0 Å². The van der Waals surface area contributed by atoms with Crippen molar-refractivity contribution >= 4 is 5.78 Å². The van der Waals surface area contributed by atoms with E-state index in [9.17, 15) is 4.79 Å². The van der Waals surface area contributed by atoms with Crippen molar-refractivity contribution in [2.75, 3.05) is 0 Å². The van der Waals surface area contributed by atoms with Crippen LogP contribution in [0, 0.1) is 13.8 Å². The zero-order chi connectivity index (χ0) is 17.8. The van der Waals surface area contributed by atoms with Crippen molar-refractivity contribution in [3.8, 4) is 0 Å². The molecule has 5 heteroatoms. The molecule has 1 N–H and O–H groups in total. The third-order valence-corrected chi connectivity index (χ3v) is 2.87. The van der Waals surface area contributed by atoms with Gasteiger partial charge in [0, 0.05) is 11.8 Å². The molecule has 0 spiro atoms. The van der Waals surface area contributed by atoms with Crippen LogP contribution in [0.15, 0.2) is 47.3 Å². The smallest absolute Gasteiger partial charge is 0.252 e. The minimum absolute atomic E-state index is 0.146. The first kappa shape index (κ1) is 20.6. The van der Waals surface area contributed by atoms with E-state index in [1.165, 1.54) is 11.6 Å². The van der Waals surface area contributed by atoms with Gasteiger partial charge in [-0.2, -0.15) is 0 Å². The SMILES string of the molecule is C=C/C=C(\C=C/C)CC.CC.Cc1cc(=O)[nH]c2nnc(C)n12. The molecule has 0 aromatic carbocycles. The molecule has 0 amide bonds. The van der Waals surface area contributed by atoms with Crippen LogP contribution in [-0.4, -0.2) is 19.6 Å². The lowest BCUT2D eigenvalue weighted by molar-refractivity contribution is 0.962. The zero-order valence-electron chi connectivity index (χ0n) is 15.1. The van der Waals surface area contributed by atoms with Gasteiger partial charge < -0.3 is 0 Å². The van der Waals surface area contributed by atoms with Crippen molar-refractivity contribution in [2.45, 2.75) is 48.0 Å². The van der Waals surface area contributed by atoms with Crippen molar-refractivity contribution in [3.63, 3.8) is 0 Å². The Balaban J connectivity index is 0.000000396. The van der Waals surface area contributed by atoms with Gasteiger partial charge in [0.2, 0.25) is 5.78 Å². The summed E-state index contributed by atoms with van der Waals surface area (Å²) in [7, 11) is 0. The Labute approximate surface area is 138 Å². The molecule has 5 nitrogen and oxygen atoms in total. The molecule has 0 saturated heterocycles. The fourth-order valence-electron chi connectivity index (χ4n) is 1.92. The van der Waals surface area contributed by atoms with Gasteiger partial charge in [-0.25, -0.2) is 0 Å². The largest absolute Gasteiger partial charge is 0.291 e. The number of fused-ring (bicyclic) bond motifs is 1. The monoisotopic (exact) mass is 316 g/mol. The van der Waals surface area contributed by atoms with Gasteiger partial charge in [0.1, 0.15) is 5.82 Å². The molecule has 0 radical (unpaired) electrons. The lowest BCUT2D eigenvalue weighted by atomic mass is 10.2. The summed E-state index contributed by atoms with van der Waals surface area (Å²) in [5.74, 6) is 1.27. The first-order valence-electron chi connectivity index (χ1n) is 7.89. The molecule has 0 atom stereocenters. The molecule has 0 unspecified atom stereocenters. The van der Waals surface area contributed by atoms with E-state index in [0.717, 1.165) is 17.9 Å². The average Bonchev–Trinajstić information content (AvgIpc) is 2.91. The quantitative estimate of drug-likeness (QED) is 0.865. The van der Waals surface area contributed by atoms with Gasteiger partial charge >= 0.3 is 0 Å². The van der Waals surface area contributed by atoms with E-state index in [1.54, 1.807) is 4.40 Å². The van der Waals surface area contributed by atoms with Crippen LogP contribution in [-0.2, 0) is 0 Å². The topological polar surface area (TPSA) is 63.0 Å². The molecule has 0 bridgehead atoms. The number of nitrogens with one attached hydrogen (secondary N) is 1. The Morgan fingerprint density at radius 1 is 1.35 bits per heavy atom. The van der Waals surface area contributed by atoms with Gasteiger partial charge in [-0.1, -0.05) is 51.7 Å². The molecule has 0 aliphatic heterocycles. The maximum atomic E-state index is 11.0. The number of aromatic nitrogens is 4. The summed E-state index contributed by atoms with van der Waals surface area (Å²) in [5, 5.41) is 7.64. The van der Waals surface area contributed by atoms with Gasteiger partial charge in [-0.15, -0.1) is 10.2 Å². The van der Waals surface area contributed by atoms with Crippen LogP contribution in [0.2, 0.25) is 0 Å². The summed E-state index contributed by atoms with van der Waals surface area (Å²) in [6.45, 7) is 15.5. The zero-order valence-corrected chi connectivity index (χ0v) is 15.1. The second kappa shape index (κ2) is 11.2. The Bertz CT molecular complexity index is 720. The highest BCUT2D eigenvalue weighted by Gasteiger charge is 2.03. The van der Waals surface area contributed by atoms with Crippen LogP contribution in [0.3, 0.4) is 0 Å². The third-order valence-electron chi connectivity index (χ3n) is 2.87. The highest BCUT2D eigenvalue weighted by atomic mass is 16.1. The molecule has 126 valence electrons. The molecule has 2 rings (SSSR count). The highest BCUT2D eigenvalue weighted by molar-refractivity contribution is 5.29. The normalized spacial score (nSPS) is 10.8. The van der Waals surface area contributed by atoms with E-state index < -0.39 is 0 Å². The molecule has 2 aromatic heterocycles. The second-order valence-corrected chi connectivity index (χ2v) is 4.51. The molecule has 0 fully saturated rings. The second-order valence-electron chi connectivity index (χ2n) is 4.51. The van der Waals surface area contributed by atoms with Gasteiger partial charge in [0.15, 0.2) is 0 Å². The minimum Gasteiger partial charge on any atom is -0.291 e. The van der Waals surface area contributed by atoms with Crippen LogP contribution in [0.25, 0.3) is 5.78 Å². The summed E-state index contributed by atoms with van der Waals surface area (Å²) in [6.07, 6.45) is 9.07. The minimum atomic E-state index is -0.146. The summed E-state index contributed by atoms with van der Waals surface area (Å²) >= 11 is 0. The van der Waals surface area contributed by atoms with Crippen molar-refractivity contribution in [1.29, 1.82) is 0 Å². The van der Waals surface area contributed by atoms with E-state index in [0.29, 0.717) is 5.78 Å². The number of hydrogen-bond acceptors (Lipinski definition) is 3. The molecule has 2 aromatic rings. The maximum absolute atomic E-state index is 11.0. The number of rotatable bonds is 3. The Morgan fingerprint density at radius 2 is 2.00 bits per heavy atom. The number of allylic oxidation sites excluding steroid dienone is 5. The summed E-state index contributed by atoms with van der Waals surface area (Å²) in [4.78, 5) is 13.6.